The average molecular weight is 480 g/mol. The van der Waals surface area contributed by atoms with Crippen LogP contribution in [-0.2, 0) is 11.3 Å². The van der Waals surface area contributed by atoms with Crippen LogP contribution >= 0.6 is 34.8 Å². The zero-order valence-electron chi connectivity index (χ0n) is 17.0. The van der Waals surface area contributed by atoms with Crippen LogP contribution in [0.15, 0.2) is 54.6 Å². The molecule has 0 atom stereocenters. The Bertz CT molecular complexity index is 1070. The summed E-state index contributed by atoms with van der Waals surface area (Å²) in [6.07, 6.45) is 0. The fourth-order valence-electron chi connectivity index (χ4n) is 2.80. The van der Waals surface area contributed by atoms with Gasteiger partial charge in [-0.3, -0.25) is 4.79 Å². The lowest BCUT2D eigenvalue weighted by atomic mass is 10.2. The normalized spacial score (nSPS) is 10.5. The summed E-state index contributed by atoms with van der Waals surface area (Å²) in [6, 6.07) is 16.3. The van der Waals surface area contributed by atoms with Gasteiger partial charge >= 0.3 is 0 Å². The molecule has 8 heteroatoms. The van der Waals surface area contributed by atoms with Crippen LogP contribution in [0.4, 0.5) is 11.4 Å². The summed E-state index contributed by atoms with van der Waals surface area (Å²) < 4.78 is 11.1. The first-order valence-corrected chi connectivity index (χ1v) is 10.5. The maximum Gasteiger partial charge on any atom is 0.262 e. The fraction of sp³-hybridized carbons (Fsp3) is 0.174. The summed E-state index contributed by atoms with van der Waals surface area (Å²) in [5.41, 5.74) is 3.49. The Morgan fingerprint density at radius 3 is 2.29 bits per heavy atom. The van der Waals surface area contributed by atoms with E-state index < -0.39 is 0 Å². The molecule has 0 aliphatic carbocycles. The van der Waals surface area contributed by atoms with Crippen molar-refractivity contribution < 1.29 is 14.3 Å². The maximum absolute atomic E-state index is 12.2. The van der Waals surface area contributed by atoms with Crippen LogP contribution < -0.4 is 20.1 Å². The lowest BCUT2D eigenvalue weighted by molar-refractivity contribution is -0.118. The van der Waals surface area contributed by atoms with E-state index in [1.54, 1.807) is 24.3 Å². The van der Waals surface area contributed by atoms with E-state index in [0.29, 0.717) is 38.8 Å². The molecule has 0 bridgehead atoms. The van der Waals surface area contributed by atoms with Crippen molar-refractivity contribution in [3.05, 3.63) is 80.8 Å². The Morgan fingerprint density at radius 1 is 0.903 bits per heavy atom. The Kier molecular flexibility index (Phi) is 7.91. The van der Waals surface area contributed by atoms with Gasteiger partial charge in [-0.05, 0) is 55.0 Å². The second-order valence-electron chi connectivity index (χ2n) is 6.79. The number of rotatable bonds is 8. The maximum atomic E-state index is 12.2. The molecule has 0 aliphatic heterocycles. The SMILES string of the molecule is COc1cc(CNc2ccc(Cl)c(Cl)c2)cc(Cl)c1OCC(=O)Nc1ccc(C)cc1. The van der Waals surface area contributed by atoms with Crippen molar-refractivity contribution in [3.8, 4) is 11.5 Å². The van der Waals surface area contributed by atoms with Crippen molar-refractivity contribution in [2.45, 2.75) is 13.5 Å². The molecule has 3 aromatic carbocycles. The minimum Gasteiger partial charge on any atom is -0.493 e. The molecule has 0 spiro atoms. The van der Waals surface area contributed by atoms with Gasteiger partial charge in [-0.25, -0.2) is 0 Å². The topological polar surface area (TPSA) is 59.6 Å². The van der Waals surface area contributed by atoms with Crippen LogP contribution in [0.25, 0.3) is 0 Å². The van der Waals surface area contributed by atoms with E-state index in [1.807, 2.05) is 37.3 Å². The molecular weight excluding hydrogens is 459 g/mol. The number of hydrogen-bond acceptors (Lipinski definition) is 4. The van der Waals surface area contributed by atoms with Crippen LogP contribution in [0, 0.1) is 6.92 Å². The number of ether oxygens (including phenoxy) is 2. The van der Waals surface area contributed by atoms with E-state index in [4.69, 9.17) is 44.3 Å². The lowest BCUT2D eigenvalue weighted by Gasteiger charge is -2.15. The first kappa shape index (κ1) is 23.1. The molecule has 0 saturated carbocycles. The standard InChI is InChI=1S/C23H21Cl3N2O3/c1-14-3-5-16(6-4-14)28-22(29)13-31-23-20(26)9-15(10-21(23)30-2)12-27-17-7-8-18(24)19(25)11-17/h3-11,27H,12-13H2,1-2H3,(H,28,29). The summed E-state index contributed by atoms with van der Waals surface area (Å²) in [5, 5.41) is 7.32. The molecule has 0 saturated heterocycles. The second kappa shape index (κ2) is 10.6. The molecule has 0 unspecified atom stereocenters. The van der Waals surface area contributed by atoms with Crippen LogP contribution in [0.2, 0.25) is 15.1 Å². The highest BCUT2D eigenvalue weighted by Crippen LogP contribution is 2.36. The highest BCUT2D eigenvalue weighted by molar-refractivity contribution is 6.42. The summed E-state index contributed by atoms with van der Waals surface area (Å²) in [7, 11) is 1.51. The minimum atomic E-state index is -0.299. The average Bonchev–Trinajstić information content (AvgIpc) is 2.75. The molecule has 0 heterocycles. The highest BCUT2D eigenvalue weighted by Gasteiger charge is 2.14. The monoisotopic (exact) mass is 478 g/mol. The minimum absolute atomic E-state index is 0.204. The van der Waals surface area contributed by atoms with E-state index in [-0.39, 0.29) is 12.5 Å². The van der Waals surface area contributed by atoms with Crippen molar-refractivity contribution in [2.24, 2.45) is 0 Å². The van der Waals surface area contributed by atoms with E-state index >= 15 is 0 Å². The first-order chi connectivity index (χ1) is 14.9. The quantitative estimate of drug-likeness (QED) is 0.382. The van der Waals surface area contributed by atoms with Crippen molar-refractivity contribution in [2.75, 3.05) is 24.4 Å². The summed E-state index contributed by atoms with van der Waals surface area (Å²) in [5.74, 6) is 0.440. The molecule has 3 aromatic rings. The third-order valence-corrected chi connectivity index (χ3v) is 5.41. The summed E-state index contributed by atoms with van der Waals surface area (Å²) in [4.78, 5) is 12.2. The zero-order chi connectivity index (χ0) is 22.4. The van der Waals surface area contributed by atoms with Gasteiger partial charge in [-0.1, -0.05) is 52.5 Å². The fourth-order valence-corrected chi connectivity index (χ4v) is 3.38. The number of carbonyl (C=O) groups is 1. The highest BCUT2D eigenvalue weighted by atomic mass is 35.5. The third kappa shape index (κ3) is 6.44. The molecule has 162 valence electrons. The largest absolute Gasteiger partial charge is 0.493 e. The zero-order valence-corrected chi connectivity index (χ0v) is 19.2. The van der Waals surface area contributed by atoms with Gasteiger partial charge in [0.1, 0.15) is 0 Å². The predicted octanol–water partition coefficient (Wildman–Crippen LogP) is 6.59. The van der Waals surface area contributed by atoms with Gasteiger partial charge in [-0.15, -0.1) is 0 Å². The predicted molar refractivity (Wildman–Crippen MR) is 127 cm³/mol. The van der Waals surface area contributed by atoms with E-state index in [1.165, 1.54) is 7.11 Å². The summed E-state index contributed by atoms with van der Waals surface area (Å²) in [6.45, 7) is 2.25. The molecule has 31 heavy (non-hydrogen) atoms. The number of hydrogen-bond donors (Lipinski definition) is 2. The van der Waals surface area contributed by atoms with Gasteiger partial charge in [0.25, 0.3) is 5.91 Å². The molecule has 0 radical (unpaired) electrons. The number of aryl methyl sites for hydroxylation is 1. The van der Waals surface area contributed by atoms with Crippen molar-refractivity contribution in [1.82, 2.24) is 0 Å². The number of amides is 1. The second-order valence-corrected chi connectivity index (χ2v) is 8.02. The molecule has 0 fully saturated rings. The van der Waals surface area contributed by atoms with Crippen molar-refractivity contribution >= 4 is 52.1 Å². The summed E-state index contributed by atoms with van der Waals surface area (Å²) >= 11 is 18.4. The number of carbonyl (C=O) groups excluding carboxylic acids is 1. The molecule has 0 aliphatic rings. The van der Waals surface area contributed by atoms with E-state index in [0.717, 1.165) is 16.8 Å². The third-order valence-electron chi connectivity index (χ3n) is 4.39. The van der Waals surface area contributed by atoms with Crippen LogP contribution in [0.5, 0.6) is 11.5 Å². The number of nitrogens with one attached hydrogen (secondary N) is 2. The molecule has 3 rings (SSSR count). The number of anilines is 2. The molecule has 1 amide bonds. The van der Waals surface area contributed by atoms with Gasteiger partial charge in [0.2, 0.25) is 0 Å². The Morgan fingerprint density at radius 2 is 1.61 bits per heavy atom. The number of methoxy groups -OCH3 is 1. The van der Waals surface area contributed by atoms with Gasteiger partial charge in [0.05, 0.1) is 22.2 Å². The number of benzene rings is 3. The van der Waals surface area contributed by atoms with E-state index in [2.05, 4.69) is 10.6 Å². The molecule has 5 nitrogen and oxygen atoms in total. The van der Waals surface area contributed by atoms with Gasteiger partial charge in [0.15, 0.2) is 18.1 Å². The van der Waals surface area contributed by atoms with Gasteiger partial charge < -0.3 is 20.1 Å². The number of halogens is 3. The van der Waals surface area contributed by atoms with Crippen molar-refractivity contribution in [1.29, 1.82) is 0 Å². The first-order valence-electron chi connectivity index (χ1n) is 9.40. The Labute approximate surface area is 196 Å². The Balaban J connectivity index is 1.63. The van der Waals surface area contributed by atoms with Gasteiger partial charge in [0, 0.05) is 17.9 Å². The van der Waals surface area contributed by atoms with Crippen molar-refractivity contribution in [3.63, 3.8) is 0 Å². The molecule has 2 N–H and O–H groups in total. The smallest absolute Gasteiger partial charge is 0.262 e. The van der Waals surface area contributed by atoms with Crippen LogP contribution in [0.3, 0.4) is 0 Å². The van der Waals surface area contributed by atoms with Crippen LogP contribution in [-0.4, -0.2) is 19.6 Å². The van der Waals surface area contributed by atoms with Crippen LogP contribution in [0.1, 0.15) is 11.1 Å². The van der Waals surface area contributed by atoms with E-state index in [9.17, 15) is 4.79 Å². The molecule has 0 aromatic heterocycles. The Hall–Kier alpha value is -2.60. The lowest BCUT2D eigenvalue weighted by Crippen LogP contribution is -2.20. The molecular formula is C23H21Cl3N2O3. The van der Waals surface area contributed by atoms with Gasteiger partial charge in [-0.2, -0.15) is 0 Å².